The van der Waals surface area contributed by atoms with Gasteiger partial charge in [0.1, 0.15) is 5.56 Å². The number of aliphatic imine (C=N–C) groups is 1. The molecule has 0 saturated heterocycles. The summed E-state index contributed by atoms with van der Waals surface area (Å²) in [6, 6.07) is 20.0. The molecule has 0 fully saturated rings. The fourth-order valence-corrected chi connectivity index (χ4v) is 5.85. The summed E-state index contributed by atoms with van der Waals surface area (Å²) in [5.41, 5.74) is 2.44. The highest BCUT2D eigenvalue weighted by molar-refractivity contribution is 6.00. The Kier molecular flexibility index (Phi) is 8.99. The molecule has 2 atom stereocenters. The third-order valence-corrected chi connectivity index (χ3v) is 8.08. The quantitative estimate of drug-likeness (QED) is 0.195. The number of carbonyl (C=O) groups is 1. The number of aryl methyl sites for hydroxylation is 1. The Morgan fingerprint density at radius 3 is 2.44 bits per heavy atom. The number of pyridine rings is 1. The largest absolute Gasteiger partial charge is 0.493 e. The van der Waals surface area contributed by atoms with Crippen LogP contribution in [-0.2, 0) is 0 Å². The lowest BCUT2D eigenvalue weighted by Gasteiger charge is -2.41. The van der Waals surface area contributed by atoms with E-state index in [9.17, 15) is 19.5 Å². The number of unbranched alkanes of at least 4 members (excludes halogenated alkanes) is 3. The van der Waals surface area contributed by atoms with Crippen LogP contribution in [0, 0.1) is 6.92 Å². The molecule has 1 aliphatic rings. The molecule has 2 unspecified atom stereocenters. The molecule has 0 radical (unpaired) electrons. The number of nitrogens with one attached hydrogen (secondary N) is 1. The SMILES string of the molecule is CCCCCCN1C(=O)c2ccccc2C(CN=C(C)c2c(O)n(-c3ccc(C)cc3)c(=O)[nH]c2=O)C1c1ccccn1. The number of carbonyl (C=O) groups excluding carboxylic acids is 1. The molecule has 5 rings (SSSR count). The Hall–Kier alpha value is -4.79. The van der Waals surface area contributed by atoms with E-state index in [1.165, 1.54) is 0 Å². The van der Waals surface area contributed by atoms with Crippen LogP contribution in [0.5, 0.6) is 5.88 Å². The molecular weight excluding hydrogens is 542 g/mol. The van der Waals surface area contributed by atoms with E-state index in [0.717, 1.165) is 47.1 Å². The van der Waals surface area contributed by atoms with E-state index in [-0.39, 0.29) is 35.7 Å². The van der Waals surface area contributed by atoms with Gasteiger partial charge < -0.3 is 10.0 Å². The molecule has 9 nitrogen and oxygen atoms in total. The monoisotopic (exact) mass is 579 g/mol. The normalized spacial score (nSPS) is 16.8. The van der Waals surface area contributed by atoms with Gasteiger partial charge in [0, 0.05) is 36.5 Å². The predicted molar refractivity (Wildman–Crippen MR) is 167 cm³/mol. The zero-order chi connectivity index (χ0) is 30.5. The molecule has 3 heterocycles. The highest BCUT2D eigenvalue weighted by atomic mass is 16.3. The Bertz CT molecular complexity index is 1740. The van der Waals surface area contributed by atoms with Crippen LogP contribution in [0.1, 0.15) is 84.2 Å². The number of hydrogen-bond donors (Lipinski definition) is 2. The fraction of sp³-hybridized carbons (Fsp3) is 0.324. The van der Waals surface area contributed by atoms with E-state index in [2.05, 4.69) is 16.9 Å². The van der Waals surface area contributed by atoms with Crippen molar-refractivity contribution in [2.24, 2.45) is 4.99 Å². The molecule has 2 N–H and O–H groups in total. The Morgan fingerprint density at radius 1 is 0.977 bits per heavy atom. The highest BCUT2D eigenvalue weighted by Crippen LogP contribution is 2.42. The first-order valence-electron chi connectivity index (χ1n) is 14.8. The molecule has 2 aromatic heterocycles. The summed E-state index contributed by atoms with van der Waals surface area (Å²) >= 11 is 0. The van der Waals surface area contributed by atoms with Crippen molar-refractivity contribution in [2.45, 2.75) is 58.4 Å². The van der Waals surface area contributed by atoms with Crippen molar-refractivity contribution in [2.75, 3.05) is 13.1 Å². The van der Waals surface area contributed by atoms with Gasteiger partial charge in [0.05, 0.1) is 17.4 Å². The topological polar surface area (TPSA) is 121 Å². The van der Waals surface area contributed by atoms with Crippen LogP contribution in [0.3, 0.4) is 0 Å². The Morgan fingerprint density at radius 2 is 1.72 bits per heavy atom. The number of amides is 1. The summed E-state index contributed by atoms with van der Waals surface area (Å²) in [7, 11) is 0. The van der Waals surface area contributed by atoms with Gasteiger partial charge in [0.25, 0.3) is 11.5 Å². The highest BCUT2D eigenvalue weighted by Gasteiger charge is 2.40. The molecule has 2 aromatic carbocycles. The standard InChI is InChI=1S/C34H37N5O4/c1-4-5-6-11-20-38-30(28-14-9-10-19-35-28)27(25-12-7-8-13-26(25)32(38)41)21-36-23(3)29-31(40)37-34(43)39(33(29)42)24-17-15-22(2)16-18-24/h7-10,12-19,27,30,42H,4-6,11,20-21H2,1-3H3,(H,37,40,43). The minimum Gasteiger partial charge on any atom is -0.493 e. The summed E-state index contributed by atoms with van der Waals surface area (Å²) in [6.45, 7) is 6.54. The van der Waals surface area contributed by atoms with Crippen LogP contribution in [0.25, 0.3) is 5.69 Å². The van der Waals surface area contributed by atoms with Gasteiger partial charge in [-0.1, -0.05) is 68.1 Å². The van der Waals surface area contributed by atoms with Crippen LogP contribution in [0.15, 0.2) is 87.5 Å². The lowest BCUT2D eigenvalue weighted by molar-refractivity contribution is 0.0601. The summed E-state index contributed by atoms with van der Waals surface area (Å²) in [6.07, 6.45) is 5.83. The van der Waals surface area contributed by atoms with Gasteiger partial charge in [0.2, 0.25) is 5.88 Å². The second-order valence-electron chi connectivity index (χ2n) is 11.0. The number of H-pyrrole nitrogens is 1. The molecule has 0 saturated carbocycles. The maximum Gasteiger partial charge on any atom is 0.335 e. The summed E-state index contributed by atoms with van der Waals surface area (Å²) < 4.78 is 1.07. The number of hydrogen-bond acceptors (Lipinski definition) is 6. The van der Waals surface area contributed by atoms with Crippen molar-refractivity contribution < 1.29 is 9.90 Å². The molecule has 222 valence electrons. The third kappa shape index (κ3) is 6.07. The minimum absolute atomic E-state index is 0.0287. The summed E-state index contributed by atoms with van der Waals surface area (Å²) in [4.78, 5) is 53.2. The second-order valence-corrected chi connectivity index (χ2v) is 11.0. The average molecular weight is 580 g/mol. The molecule has 1 amide bonds. The Labute approximate surface area is 250 Å². The van der Waals surface area contributed by atoms with Crippen LogP contribution < -0.4 is 11.2 Å². The van der Waals surface area contributed by atoms with Gasteiger partial charge in [-0.3, -0.25) is 24.5 Å². The number of benzene rings is 2. The van der Waals surface area contributed by atoms with Gasteiger partial charge in [-0.25, -0.2) is 9.36 Å². The van der Waals surface area contributed by atoms with E-state index in [1.54, 1.807) is 25.3 Å². The molecule has 9 heteroatoms. The first kappa shape index (κ1) is 29.7. The van der Waals surface area contributed by atoms with Crippen molar-refractivity contribution in [1.82, 2.24) is 19.4 Å². The van der Waals surface area contributed by atoms with Gasteiger partial charge in [-0.2, -0.15) is 0 Å². The fourth-order valence-electron chi connectivity index (χ4n) is 5.85. The van der Waals surface area contributed by atoms with Gasteiger partial charge in [0.15, 0.2) is 0 Å². The molecule has 43 heavy (non-hydrogen) atoms. The Balaban J connectivity index is 1.57. The smallest absolute Gasteiger partial charge is 0.335 e. The molecule has 0 aliphatic carbocycles. The first-order chi connectivity index (χ1) is 20.8. The van der Waals surface area contributed by atoms with E-state index < -0.39 is 17.1 Å². The van der Waals surface area contributed by atoms with Crippen LogP contribution in [0.2, 0.25) is 0 Å². The lowest BCUT2D eigenvalue weighted by Crippen LogP contribution is -2.44. The average Bonchev–Trinajstić information content (AvgIpc) is 3.00. The second kappa shape index (κ2) is 13.0. The number of aromatic nitrogens is 3. The number of nitrogens with zero attached hydrogens (tertiary/aromatic N) is 4. The maximum atomic E-state index is 13.8. The van der Waals surface area contributed by atoms with Crippen molar-refractivity contribution in [3.05, 3.63) is 122 Å². The van der Waals surface area contributed by atoms with Crippen molar-refractivity contribution >= 4 is 11.6 Å². The number of aromatic hydroxyl groups is 1. The van der Waals surface area contributed by atoms with Crippen molar-refractivity contribution in [3.63, 3.8) is 0 Å². The molecule has 0 bridgehead atoms. The number of fused-ring (bicyclic) bond motifs is 1. The molecule has 4 aromatic rings. The number of rotatable bonds is 10. The van der Waals surface area contributed by atoms with Gasteiger partial charge >= 0.3 is 5.69 Å². The third-order valence-electron chi connectivity index (χ3n) is 8.08. The van der Waals surface area contributed by atoms with Crippen molar-refractivity contribution in [1.29, 1.82) is 0 Å². The van der Waals surface area contributed by atoms with E-state index in [1.807, 2.05) is 66.4 Å². The minimum atomic E-state index is -0.739. The lowest BCUT2D eigenvalue weighted by atomic mass is 9.81. The van der Waals surface area contributed by atoms with E-state index in [0.29, 0.717) is 17.8 Å². The maximum absolute atomic E-state index is 13.8. The van der Waals surface area contributed by atoms with Crippen LogP contribution in [0.4, 0.5) is 0 Å². The predicted octanol–water partition coefficient (Wildman–Crippen LogP) is 5.31. The van der Waals surface area contributed by atoms with Gasteiger partial charge in [-0.05, 0) is 56.2 Å². The molecule has 0 spiro atoms. The van der Waals surface area contributed by atoms with Crippen LogP contribution in [-0.4, -0.2) is 49.2 Å². The van der Waals surface area contributed by atoms with E-state index in [4.69, 9.17) is 4.99 Å². The molecule has 1 aliphatic heterocycles. The summed E-state index contributed by atoms with van der Waals surface area (Å²) in [5.74, 6) is -0.759. The van der Waals surface area contributed by atoms with Crippen LogP contribution >= 0.6 is 0 Å². The zero-order valence-electron chi connectivity index (χ0n) is 24.8. The van der Waals surface area contributed by atoms with Gasteiger partial charge in [-0.15, -0.1) is 0 Å². The van der Waals surface area contributed by atoms with E-state index >= 15 is 0 Å². The molecular formula is C34H37N5O4. The van der Waals surface area contributed by atoms with Crippen molar-refractivity contribution in [3.8, 4) is 11.6 Å². The zero-order valence-corrected chi connectivity index (χ0v) is 24.8. The first-order valence-corrected chi connectivity index (χ1v) is 14.8. The summed E-state index contributed by atoms with van der Waals surface area (Å²) in [5, 5.41) is 11.2. The number of aromatic amines is 1.